The van der Waals surface area contributed by atoms with Crippen LogP contribution in [0.15, 0.2) is 102 Å². The first kappa shape index (κ1) is 24.3. The molecule has 6 nitrogen and oxygen atoms in total. The van der Waals surface area contributed by atoms with Crippen molar-refractivity contribution in [2.24, 2.45) is 0 Å². The average Bonchev–Trinajstić information content (AvgIpc) is 2.93. The van der Waals surface area contributed by atoms with Gasteiger partial charge in [0.05, 0.1) is 22.3 Å². The monoisotopic (exact) mass is 498 g/mol. The van der Waals surface area contributed by atoms with E-state index >= 15 is 0 Å². The van der Waals surface area contributed by atoms with Crippen molar-refractivity contribution in [3.05, 3.63) is 125 Å². The second-order valence-corrected chi connectivity index (χ2v) is 11.0. The Morgan fingerprint density at radius 3 is 2.36 bits per heavy atom. The minimum absolute atomic E-state index is 0.292. The molecule has 0 fully saturated rings. The molecule has 2 heterocycles. The molecule has 0 spiro atoms. The normalized spacial score (nSPS) is 15.5. The number of rotatable bonds is 9. The predicted octanol–water partition coefficient (Wildman–Crippen LogP) is 5.03. The summed E-state index contributed by atoms with van der Waals surface area (Å²) in [5, 5.41) is 3.36. The van der Waals surface area contributed by atoms with Crippen molar-refractivity contribution in [3.8, 4) is 0 Å². The van der Waals surface area contributed by atoms with E-state index in [1.807, 2.05) is 66.7 Å². The Bertz CT molecular complexity index is 1380. The van der Waals surface area contributed by atoms with Crippen LogP contribution < -0.4 is 5.32 Å². The van der Waals surface area contributed by atoms with Crippen molar-refractivity contribution < 1.29 is 8.42 Å². The molecule has 0 saturated carbocycles. The second-order valence-electron chi connectivity index (χ2n) is 9.06. The van der Waals surface area contributed by atoms with E-state index in [4.69, 9.17) is 0 Å². The number of nitrogens with one attached hydrogen (secondary N) is 1. The first-order valence-electron chi connectivity index (χ1n) is 12.3. The molecule has 1 unspecified atom stereocenters. The number of hydrogen-bond acceptors (Lipinski definition) is 5. The van der Waals surface area contributed by atoms with Gasteiger partial charge in [0, 0.05) is 32.0 Å². The molecule has 1 N–H and O–H groups in total. The molecule has 184 valence electrons. The average molecular weight is 499 g/mol. The van der Waals surface area contributed by atoms with Crippen molar-refractivity contribution in [3.63, 3.8) is 0 Å². The molecule has 0 radical (unpaired) electrons. The quantitative estimate of drug-likeness (QED) is 0.350. The standard InChI is InChI=1S/C29H30N4O2S/c34-36(35,27-16-14-23(15-17-27)20-30-21-26-12-4-5-18-31-26)33(22-24-8-2-1-3-9-24)28-13-6-10-25-11-7-19-32-29(25)28/h1-5,7-9,11-12,14-19,28,30H,6,10,13,20-22H2. The van der Waals surface area contributed by atoms with E-state index in [0.29, 0.717) is 24.5 Å². The smallest absolute Gasteiger partial charge is 0.243 e. The molecular formula is C29H30N4O2S. The molecule has 0 aliphatic heterocycles. The van der Waals surface area contributed by atoms with E-state index < -0.39 is 10.0 Å². The van der Waals surface area contributed by atoms with Crippen LogP contribution in [0.2, 0.25) is 0 Å². The van der Waals surface area contributed by atoms with Gasteiger partial charge >= 0.3 is 0 Å². The molecular weight excluding hydrogens is 468 g/mol. The number of pyridine rings is 2. The molecule has 1 aliphatic carbocycles. The van der Waals surface area contributed by atoms with Gasteiger partial charge in [0.25, 0.3) is 0 Å². The number of sulfonamides is 1. The Morgan fingerprint density at radius 1 is 0.806 bits per heavy atom. The summed E-state index contributed by atoms with van der Waals surface area (Å²) in [5.74, 6) is 0. The zero-order valence-electron chi connectivity index (χ0n) is 20.1. The minimum Gasteiger partial charge on any atom is -0.307 e. The van der Waals surface area contributed by atoms with Crippen molar-refractivity contribution in [2.75, 3.05) is 0 Å². The molecule has 0 amide bonds. The van der Waals surface area contributed by atoms with Crippen molar-refractivity contribution >= 4 is 10.0 Å². The van der Waals surface area contributed by atoms with Crippen LogP contribution in [0.4, 0.5) is 0 Å². The Morgan fingerprint density at radius 2 is 1.58 bits per heavy atom. The molecule has 5 rings (SSSR count). The van der Waals surface area contributed by atoms with Gasteiger partial charge in [-0.05, 0) is 66.3 Å². The Labute approximate surface area is 213 Å². The lowest BCUT2D eigenvalue weighted by Crippen LogP contribution is -2.36. The van der Waals surface area contributed by atoms with Gasteiger partial charge < -0.3 is 5.32 Å². The third kappa shape index (κ3) is 5.54. The minimum atomic E-state index is -3.76. The van der Waals surface area contributed by atoms with Crippen molar-refractivity contribution in [2.45, 2.75) is 49.8 Å². The van der Waals surface area contributed by atoms with E-state index in [0.717, 1.165) is 47.3 Å². The van der Waals surface area contributed by atoms with Crippen LogP contribution in [0, 0.1) is 0 Å². The van der Waals surface area contributed by atoms with Gasteiger partial charge in [-0.3, -0.25) is 9.97 Å². The van der Waals surface area contributed by atoms with Crippen LogP contribution in [0.1, 0.15) is 47.0 Å². The van der Waals surface area contributed by atoms with E-state index in [2.05, 4.69) is 21.4 Å². The summed E-state index contributed by atoms with van der Waals surface area (Å²) in [5.41, 5.74) is 4.95. The fraction of sp³-hybridized carbons (Fsp3) is 0.241. The fourth-order valence-corrected chi connectivity index (χ4v) is 6.35. The number of benzene rings is 2. The zero-order chi connectivity index (χ0) is 24.8. The summed E-state index contributed by atoms with van der Waals surface area (Å²) in [6, 6.07) is 26.5. The maximum absolute atomic E-state index is 14.0. The molecule has 2 aromatic heterocycles. The van der Waals surface area contributed by atoms with Crippen LogP contribution in [0.25, 0.3) is 0 Å². The SMILES string of the molecule is O=S(=O)(c1ccc(CNCc2ccccn2)cc1)N(Cc1ccccc1)C1CCCc2cccnc21. The van der Waals surface area contributed by atoms with Gasteiger partial charge in [-0.2, -0.15) is 4.31 Å². The summed E-state index contributed by atoms with van der Waals surface area (Å²) in [7, 11) is -3.76. The highest BCUT2D eigenvalue weighted by Crippen LogP contribution is 2.37. The first-order valence-corrected chi connectivity index (χ1v) is 13.7. The van der Waals surface area contributed by atoms with Gasteiger partial charge in [0.15, 0.2) is 0 Å². The molecule has 1 aliphatic rings. The largest absolute Gasteiger partial charge is 0.307 e. The lowest BCUT2D eigenvalue weighted by Gasteiger charge is -2.34. The molecule has 7 heteroatoms. The predicted molar refractivity (Wildman–Crippen MR) is 140 cm³/mol. The molecule has 0 bridgehead atoms. The number of fused-ring (bicyclic) bond motifs is 1. The fourth-order valence-electron chi connectivity index (χ4n) is 4.74. The molecule has 36 heavy (non-hydrogen) atoms. The van der Waals surface area contributed by atoms with Crippen LogP contribution in [0.5, 0.6) is 0 Å². The number of hydrogen-bond donors (Lipinski definition) is 1. The van der Waals surface area contributed by atoms with Crippen LogP contribution >= 0.6 is 0 Å². The van der Waals surface area contributed by atoms with Gasteiger partial charge in [-0.15, -0.1) is 0 Å². The third-order valence-corrected chi connectivity index (χ3v) is 8.45. The van der Waals surface area contributed by atoms with Crippen LogP contribution in [-0.2, 0) is 36.1 Å². The zero-order valence-corrected chi connectivity index (χ0v) is 20.9. The summed E-state index contributed by atoms with van der Waals surface area (Å²) < 4.78 is 29.7. The van der Waals surface area contributed by atoms with Gasteiger partial charge in [0.1, 0.15) is 0 Å². The molecule has 4 aromatic rings. The Kier molecular flexibility index (Phi) is 7.51. The Hall–Kier alpha value is -3.39. The Balaban J connectivity index is 1.39. The number of aryl methyl sites for hydroxylation is 1. The summed E-state index contributed by atoms with van der Waals surface area (Å²) in [6.45, 7) is 1.58. The van der Waals surface area contributed by atoms with Crippen LogP contribution in [-0.4, -0.2) is 22.7 Å². The third-order valence-electron chi connectivity index (χ3n) is 6.59. The number of aromatic nitrogens is 2. The molecule has 0 saturated heterocycles. The summed E-state index contributed by atoms with van der Waals surface area (Å²) in [4.78, 5) is 9.24. The van der Waals surface area contributed by atoms with E-state index in [1.165, 1.54) is 0 Å². The summed E-state index contributed by atoms with van der Waals surface area (Å²) in [6.07, 6.45) is 6.16. The lowest BCUT2D eigenvalue weighted by molar-refractivity contribution is 0.281. The van der Waals surface area contributed by atoms with E-state index in [9.17, 15) is 8.42 Å². The van der Waals surface area contributed by atoms with Gasteiger partial charge in [0.2, 0.25) is 10.0 Å². The van der Waals surface area contributed by atoms with Crippen molar-refractivity contribution in [1.82, 2.24) is 19.6 Å². The number of nitrogens with zero attached hydrogens (tertiary/aromatic N) is 3. The summed E-state index contributed by atoms with van der Waals surface area (Å²) >= 11 is 0. The van der Waals surface area contributed by atoms with Gasteiger partial charge in [-0.1, -0.05) is 54.6 Å². The highest BCUT2D eigenvalue weighted by molar-refractivity contribution is 7.89. The van der Waals surface area contributed by atoms with Gasteiger partial charge in [-0.25, -0.2) is 8.42 Å². The first-order chi connectivity index (χ1) is 17.6. The maximum Gasteiger partial charge on any atom is 0.243 e. The molecule has 1 atom stereocenters. The van der Waals surface area contributed by atoms with Crippen molar-refractivity contribution in [1.29, 1.82) is 0 Å². The maximum atomic E-state index is 14.0. The van der Waals surface area contributed by atoms with Crippen LogP contribution in [0.3, 0.4) is 0 Å². The van der Waals surface area contributed by atoms with E-state index in [1.54, 1.807) is 28.8 Å². The molecule has 2 aromatic carbocycles. The van der Waals surface area contributed by atoms with E-state index in [-0.39, 0.29) is 6.04 Å². The lowest BCUT2D eigenvalue weighted by atomic mass is 9.92. The highest BCUT2D eigenvalue weighted by atomic mass is 32.2. The topological polar surface area (TPSA) is 75.2 Å². The highest BCUT2D eigenvalue weighted by Gasteiger charge is 2.35. The second kappa shape index (κ2) is 11.1.